The van der Waals surface area contributed by atoms with Crippen LogP contribution in [0.1, 0.15) is 18.9 Å². The number of hydrogen-bond acceptors (Lipinski definition) is 2. The molecule has 1 rings (SSSR count). The van der Waals surface area contributed by atoms with E-state index in [1.54, 1.807) is 0 Å². The summed E-state index contributed by atoms with van der Waals surface area (Å²) in [4.78, 5) is 0. The SMILES string of the molecule is CCCNCc1ccc(N)c(Br)c1. The summed E-state index contributed by atoms with van der Waals surface area (Å²) >= 11 is 3.40. The zero-order chi connectivity index (χ0) is 9.68. The molecule has 0 saturated heterocycles. The molecule has 0 aromatic heterocycles. The molecule has 0 unspecified atom stereocenters. The molecule has 0 amide bonds. The Morgan fingerprint density at radius 3 is 2.85 bits per heavy atom. The predicted octanol–water partition coefficient (Wildman–Crippen LogP) is 2.53. The van der Waals surface area contributed by atoms with Crippen LogP contribution in [0.25, 0.3) is 0 Å². The largest absolute Gasteiger partial charge is 0.398 e. The molecule has 0 spiro atoms. The fraction of sp³-hybridized carbons (Fsp3) is 0.400. The second kappa shape index (κ2) is 5.25. The van der Waals surface area contributed by atoms with Gasteiger partial charge in [0.15, 0.2) is 0 Å². The van der Waals surface area contributed by atoms with Gasteiger partial charge in [0, 0.05) is 16.7 Å². The Morgan fingerprint density at radius 1 is 1.46 bits per heavy atom. The molecule has 0 atom stereocenters. The maximum absolute atomic E-state index is 5.68. The molecule has 72 valence electrons. The van der Waals surface area contributed by atoms with E-state index in [2.05, 4.69) is 34.2 Å². The van der Waals surface area contributed by atoms with E-state index in [1.165, 1.54) is 5.56 Å². The Bertz CT molecular complexity index is 274. The van der Waals surface area contributed by atoms with Crippen LogP contribution in [-0.4, -0.2) is 6.54 Å². The topological polar surface area (TPSA) is 38.0 Å². The molecule has 0 aliphatic heterocycles. The van der Waals surface area contributed by atoms with Gasteiger partial charge >= 0.3 is 0 Å². The van der Waals surface area contributed by atoms with Crippen LogP contribution in [0.4, 0.5) is 5.69 Å². The monoisotopic (exact) mass is 242 g/mol. The Morgan fingerprint density at radius 2 is 2.23 bits per heavy atom. The van der Waals surface area contributed by atoms with Gasteiger partial charge in [0.05, 0.1) is 0 Å². The Kier molecular flexibility index (Phi) is 4.25. The van der Waals surface area contributed by atoms with Crippen LogP contribution < -0.4 is 11.1 Å². The van der Waals surface area contributed by atoms with Crippen molar-refractivity contribution in [3.05, 3.63) is 28.2 Å². The number of nitrogen functional groups attached to an aromatic ring is 1. The summed E-state index contributed by atoms with van der Waals surface area (Å²) in [7, 11) is 0. The van der Waals surface area contributed by atoms with Crippen LogP contribution >= 0.6 is 15.9 Å². The molecule has 1 aromatic rings. The lowest BCUT2D eigenvalue weighted by atomic mass is 10.2. The normalized spacial score (nSPS) is 10.3. The molecule has 0 radical (unpaired) electrons. The van der Waals surface area contributed by atoms with Gasteiger partial charge in [-0.2, -0.15) is 0 Å². The second-order valence-corrected chi connectivity index (χ2v) is 3.89. The Hall–Kier alpha value is -0.540. The zero-order valence-corrected chi connectivity index (χ0v) is 9.39. The molecule has 2 nitrogen and oxygen atoms in total. The maximum atomic E-state index is 5.68. The minimum atomic E-state index is 0.791. The number of nitrogens with two attached hydrogens (primary N) is 1. The van der Waals surface area contributed by atoms with Crippen molar-refractivity contribution in [3.8, 4) is 0 Å². The van der Waals surface area contributed by atoms with Gasteiger partial charge in [0.1, 0.15) is 0 Å². The third-order valence-corrected chi connectivity index (χ3v) is 2.51. The molecular formula is C10H15BrN2. The molecule has 3 N–H and O–H groups in total. The molecule has 0 aliphatic rings. The number of hydrogen-bond donors (Lipinski definition) is 2. The lowest BCUT2D eigenvalue weighted by molar-refractivity contribution is 0.675. The van der Waals surface area contributed by atoms with Gasteiger partial charge in [0.2, 0.25) is 0 Å². The molecular weight excluding hydrogens is 228 g/mol. The fourth-order valence-corrected chi connectivity index (χ4v) is 1.52. The molecule has 13 heavy (non-hydrogen) atoms. The highest BCUT2D eigenvalue weighted by Crippen LogP contribution is 2.20. The predicted molar refractivity (Wildman–Crippen MR) is 60.6 cm³/mol. The van der Waals surface area contributed by atoms with E-state index in [0.29, 0.717) is 0 Å². The van der Waals surface area contributed by atoms with Crippen LogP contribution in [0, 0.1) is 0 Å². The summed E-state index contributed by atoms with van der Waals surface area (Å²) in [6.45, 7) is 4.13. The van der Waals surface area contributed by atoms with E-state index < -0.39 is 0 Å². The lowest BCUT2D eigenvalue weighted by Gasteiger charge is -2.05. The number of halogens is 1. The van der Waals surface area contributed by atoms with Gasteiger partial charge < -0.3 is 11.1 Å². The van der Waals surface area contributed by atoms with E-state index in [9.17, 15) is 0 Å². The van der Waals surface area contributed by atoms with Crippen molar-refractivity contribution in [3.63, 3.8) is 0 Å². The third-order valence-electron chi connectivity index (χ3n) is 1.82. The van der Waals surface area contributed by atoms with E-state index >= 15 is 0 Å². The number of rotatable bonds is 4. The molecule has 0 bridgehead atoms. The van der Waals surface area contributed by atoms with Gasteiger partial charge in [-0.05, 0) is 46.6 Å². The number of benzene rings is 1. The Labute approximate surface area is 87.6 Å². The summed E-state index contributed by atoms with van der Waals surface area (Å²) in [5.74, 6) is 0. The van der Waals surface area contributed by atoms with Gasteiger partial charge in [-0.1, -0.05) is 13.0 Å². The zero-order valence-electron chi connectivity index (χ0n) is 7.81. The molecule has 0 saturated carbocycles. The van der Waals surface area contributed by atoms with E-state index in [-0.39, 0.29) is 0 Å². The van der Waals surface area contributed by atoms with E-state index in [1.807, 2.05) is 12.1 Å². The van der Waals surface area contributed by atoms with Gasteiger partial charge in [-0.25, -0.2) is 0 Å². The molecule has 0 heterocycles. The summed E-state index contributed by atoms with van der Waals surface area (Å²) in [5.41, 5.74) is 7.73. The number of anilines is 1. The first-order valence-electron chi connectivity index (χ1n) is 4.48. The average Bonchev–Trinajstić information content (AvgIpc) is 2.12. The van der Waals surface area contributed by atoms with Crippen LogP contribution in [0.3, 0.4) is 0 Å². The van der Waals surface area contributed by atoms with E-state index in [4.69, 9.17) is 5.73 Å². The molecule has 0 fully saturated rings. The molecule has 0 aliphatic carbocycles. The van der Waals surface area contributed by atoms with Gasteiger partial charge in [-0.3, -0.25) is 0 Å². The first kappa shape index (κ1) is 10.5. The smallest absolute Gasteiger partial charge is 0.0458 e. The van der Waals surface area contributed by atoms with Crippen molar-refractivity contribution < 1.29 is 0 Å². The second-order valence-electron chi connectivity index (χ2n) is 3.03. The summed E-state index contributed by atoms with van der Waals surface area (Å²) < 4.78 is 0.975. The van der Waals surface area contributed by atoms with Gasteiger partial charge in [0.25, 0.3) is 0 Å². The highest BCUT2D eigenvalue weighted by molar-refractivity contribution is 9.10. The van der Waals surface area contributed by atoms with Crippen LogP contribution in [-0.2, 0) is 6.54 Å². The van der Waals surface area contributed by atoms with Crippen LogP contribution in [0.2, 0.25) is 0 Å². The van der Waals surface area contributed by atoms with Crippen molar-refractivity contribution in [2.75, 3.05) is 12.3 Å². The summed E-state index contributed by atoms with van der Waals surface area (Å²) in [6.07, 6.45) is 1.16. The average molecular weight is 243 g/mol. The van der Waals surface area contributed by atoms with Crippen LogP contribution in [0.15, 0.2) is 22.7 Å². The highest BCUT2D eigenvalue weighted by Gasteiger charge is 1.96. The lowest BCUT2D eigenvalue weighted by Crippen LogP contribution is -2.13. The Balaban J connectivity index is 2.53. The minimum absolute atomic E-state index is 0.791. The van der Waals surface area contributed by atoms with Crippen molar-refractivity contribution in [2.45, 2.75) is 19.9 Å². The summed E-state index contributed by atoms with van der Waals surface area (Å²) in [6, 6.07) is 6.02. The van der Waals surface area contributed by atoms with Crippen molar-refractivity contribution >= 4 is 21.6 Å². The highest BCUT2D eigenvalue weighted by atomic mass is 79.9. The van der Waals surface area contributed by atoms with E-state index in [0.717, 1.165) is 29.7 Å². The first-order chi connectivity index (χ1) is 6.24. The minimum Gasteiger partial charge on any atom is -0.398 e. The first-order valence-corrected chi connectivity index (χ1v) is 5.28. The van der Waals surface area contributed by atoms with Crippen molar-refractivity contribution in [1.29, 1.82) is 0 Å². The maximum Gasteiger partial charge on any atom is 0.0458 e. The molecule has 3 heteroatoms. The quantitative estimate of drug-likeness (QED) is 0.630. The fourth-order valence-electron chi connectivity index (χ4n) is 1.09. The van der Waals surface area contributed by atoms with Crippen LogP contribution in [0.5, 0.6) is 0 Å². The summed E-state index contributed by atoms with van der Waals surface area (Å²) in [5, 5.41) is 3.34. The molecule has 1 aromatic carbocycles. The van der Waals surface area contributed by atoms with Gasteiger partial charge in [-0.15, -0.1) is 0 Å². The number of nitrogens with one attached hydrogen (secondary N) is 1. The standard InChI is InChI=1S/C10H15BrN2/c1-2-5-13-7-8-3-4-10(12)9(11)6-8/h3-4,6,13H,2,5,7,12H2,1H3. The van der Waals surface area contributed by atoms with Crippen molar-refractivity contribution in [1.82, 2.24) is 5.32 Å². The third kappa shape index (κ3) is 3.36. The van der Waals surface area contributed by atoms with Crippen molar-refractivity contribution in [2.24, 2.45) is 0 Å².